The van der Waals surface area contributed by atoms with Gasteiger partial charge >= 0.3 is 12.5 Å². The van der Waals surface area contributed by atoms with Gasteiger partial charge in [-0.3, -0.25) is 4.90 Å². The molecule has 1 heterocycles. The lowest BCUT2D eigenvalue weighted by atomic mass is 9.80. The Kier molecular flexibility index (Phi) is 3.62. The van der Waals surface area contributed by atoms with Crippen molar-refractivity contribution in [3.63, 3.8) is 0 Å². The number of hydrogen-bond acceptors (Lipinski definition) is 2. The molecule has 22 heavy (non-hydrogen) atoms. The van der Waals surface area contributed by atoms with E-state index < -0.39 is 18.5 Å². The van der Waals surface area contributed by atoms with Crippen molar-refractivity contribution >= 4 is 11.7 Å². The topological polar surface area (TPSA) is 29.5 Å². The van der Waals surface area contributed by atoms with Crippen LogP contribution in [0, 0.1) is 0 Å². The number of ether oxygens (including phenoxy) is 1. The Morgan fingerprint density at radius 3 is 2.77 bits per heavy atom. The van der Waals surface area contributed by atoms with Crippen molar-refractivity contribution < 1.29 is 22.7 Å². The summed E-state index contributed by atoms with van der Waals surface area (Å²) < 4.78 is 40.9. The van der Waals surface area contributed by atoms with Crippen LogP contribution in [0.2, 0.25) is 0 Å². The van der Waals surface area contributed by atoms with Crippen LogP contribution < -0.4 is 0 Å². The van der Waals surface area contributed by atoms with Gasteiger partial charge in [-0.1, -0.05) is 30.3 Å². The summed E-state index contributed by atoms with van der Waals surface area (Å²) in [6.45, 7) is 1.74. The summed E-state index contributed by atoms with van der Waals surface area (Å²) in [5.74, 6) is 0. The lowest BCUT2D eigenvalue weighted by molar-refractivity contribution is -0.295. The highest BCUT2D eigenvalue weighted by Gasteiger charge is 2.43. The minimum Gasteiger partial charge on any atom is -0.356 e. The molecular weight excluding hydrogens is 295 g/mol. The van der Waals surface area contributed by atoms with Gasteiger partial charge in [0.2, 0.25) is 0 Å². The number of fused-ring (bicyclic) bond motifs is 3. The average Bonchev–Trinajstić information content (AvgIpc) is 2.46. The first kappa shape index (κ1) is 14.9. The second-order valence-electron chi connectivity index (χ2n) is 5.59. The summed E-state index contributed by atoms with van der Waals surface area (Å²) in [5, 5.41) is 0. The molecule has 0 bridgehead atoms. The summed E-state index contributed by atoms with van der Waals surface area (Å²) in [6.07, 6.45) is -1.90. The molecule has 2 atom stereocenters. The monoisotopic (exact) mass is 311 g/mol. The number of nitrogens with zero attached hydrogens (tertiary/aromatic N) is 1. The molecule has 0 spiro atoms. The highest BCUT2D eigenvalue weighted by atomic mass is 19.4. The molecule has 0 aromatic heterocycles. The van der Waals surface area contributed by atoms with Gasteiger partial charge in [-0.05, 0) is 42.9 Å². The summed E-state index contributed by atoms with van der Waals surface area (Å²) >= 11 is 0. The van der Waals surface area contributed by atoms with Gasteiger partial charge in [0.25, 0.3) is 0 Å². The van der Waals surface area contributed by atoms with Crippen LogP contribution >= 0.6 is 0 Å². The fraction of sp³-hybridized carbons (Fsp3) is 0.438. The number of carbonyl (C=O) groups is 1. The van der Waals surface area contributed by atoms with E-state index in [1.807, 2.05) is 30.3 Å². The van der Waals surface area contributed by atoms with E-state index in [0.717, 1.165) is 29.5 Å². The molecule has 3 nitrogen and oxygen atoms in total. The van der Waals surface area contributed by atoms with Crippen molar-refractivity contribution in [2.75, 3.05) is 0 Å². The summed E-state index contributed by atoms with van der Waals surface area (Å²) in [5.41, 5.74) is 2.81. The molecule has 1 aromatic rings. The van der Waals surface area contributed by atoms with E-state index in [1.54, 1.807) is 6.92 Å². The Bertz CT molecular complexity index is 624. The van der Waals surface area contributed by atoms with Crippen molar-refractivity contribution in [2.24, 2.45) is 0 Å². The molecular formula is C16H16F3NO2. The number of amides is 1. The van der Waals surface area contributed by atoms with Crippen molar-refractivity contribution in [3.8, 4) is 0 Å². The third kappa shape index (κ3) is 2.58. The number of carbonyl (C=O) groups excluding carboxylic acids is 1. The molecule has 1 aliphatic carbocycles. The number of halogens is 3. The zero-order valence-corrected chi connectivity index (χ0v) is 12.1. The minimum absolute atomic E-state index is 0.353. The van der Waals surface area contributed by atoms with Gasteiger partial charge in [0.15, 0.2) is 0 Å². The van der Waals surface area contributed by atoms with E-state index in [1.165, 1.54) is 4.90 Å². The van der Waals surface area contributed by atoms with E-state index in [2.05, 4.69) is 4.74 Å². The number of alkyl halides is 3. The van der Waals surface area contributed by atoms with Crippen LogP contribution in [0.1, 0.15) is 43.4 Å². The van der Waals surface area contributed by atoms with Gasteiger partial charge < -0.3 is 4.74 Å². The Hall–Kier alpha value is -1.98. The van der Waals surface area contributed by atoms with Gasteiger partial charge in [0.1, 0.15) is 0 Å². The molecule has 1 amide bonds. The van der Waals surface area contributed by atoms with Crippen molar-refractivity contribution in [2.45, 2.75) is 44.6 Å². The van der Waals surface area contributed by atoms with Gasteiger partial charge in [0.05, 0.1) is 12.1 Å². The Morgan fingerprint density at radius 1 is 1.32 bits per heavy atom. The maximum absolute atomic E-state index is 12.4. The van der Waals surface area contributed by atoms with Gasteiger partial charge in [-0.25, -0.2) is 4.79 Å². The maximum atomic E-state index is 12.4. The fourth-order valence-corrected chi connectivity index (χ4v) is 3.42. The first-order chi connectivity index (χ1) is 10.4. The summed E-state index contributed by atoms with van der Waals surface area (Å²) in [7, 11) is 0. The zero-order chi connectivity index (χ0) is 15.9. The predicted molar refractivity (Wildman–Crippen MR) is 74.8 cm³/mol. The first-order valence-electron chi connectivity index (χ1n) is 7.26. The largest absolute Gasteiger partial charge is 0.576 e. The summed E-state index contributed by atoms with van der Waals surface area (Å²) in [4.78, 5) is 13.3. The minimum atomic E-state index is -4.97. The molecule has 0 fully saturated rings. The van der Waals surface area contributed by atoms with Gasteiger partial charge in [-0.15, -0.1) is 13.2 Å². The Labute approximate surface area is 126 Å². The summed E-state index contributed by atoms with van der Waals surface area (Å²) in [6, 6.07) is 6.73. The smallest absolute Gasteiger partial charge is 0.356 e. The molecule has 6 heteroatoms. The van der Waals surface area contributed by atoms with Crippen LogP contribution in [0.15, 0.2) is 30.3 Å². The van der Waals surface area contributed by atoms with Gasteiger partial charge in [-0.2, -0.15) is 0 Å². The lowest BCUT2D eigenvalue weighted by Gasteiger charge is -2.44. The second-order valence-corrected chi connectivity index (χ2v) is 5.59. The van der Waals surface area contributed by atoms with Crippen LogP contribution in [0.4, 0.5) is 18.0 Å². The second kappa shape index (κ2) is 5.34. The average molecular weight is 311 g/mol. The maximum Gasteiger partial charge on any atom is 0.576 e. The van der Waals surface area contributed by atoms with E-state index in [9.17, 15) is 18.0 Å². The van der Waals surface area contributed by atoms with Crippen molar-refractivity contribution in [1.29, 1.82) is 0 Å². The number of hydrogen-bond donors (Lipinski definition) is 0. The third-order valence-corrected chi connectivity index (χ3v) is 4.29. The van der Waals surface area contributed by atoms with Gasteiger partial charge in [0, 0.05) is 0 Å². The highest BCUT2D eigenvalue weighted by molar-refractivity contribution is 5.81. The van der Waals surface area contributed by atoms with Crippen LogP contribution in [-0.2, 0) is 4.74 Å². The van der Waals surface area contributed by atoms with E-state index in [-0.39, 0.29) is 6.04 Å². The molecule has 0 saturated carbocycles. The van der Waals surface area contributed by atoms with Crippen LogP contribution in [-0.4, -0.2) is 23.4 Å². The molecule has 1 aliphatic heterocycles. The third-order valence-electron chi connectivity index (χ3n) is 4.29. The normalized spacial score (nSPS) is 24.2. The number of rotatable bonds is 0. The van der Waals surface area contributed by atoms with Crippen molar-refractivity contribution in [3.05, 3.63) is 41.5 Å². The van der Waals surface area contributed by atoms with E-state index in [4.69, 9.17) is 0 Å². The molecule has 118 valence electrons. The molecule has 3 rings (SSSR count). The Morgan fingerprint density at radius 2 is 2.05 bits per heavy atom. The molecule has 0 N–H and O–H groups in total. The predicted octanol–water partition coefficient (Wildman–Crippen LogP) is 4.66. The standard InChI is InChI=1S/C16H16F3NO2/c1-10-11-6-2-3-7-12(11)13-8-4-5-9-14(13)20(10)15(21)22-16(17,18)19/h2-3,6-8,10,14H,4-5,9H2,1H3/t10-,14-/m0/s1. The quantitative estimate of drug-likeness (QED) is 0.697. The SMILES string of the molecule is C[C@H]1c2ccccc2C2=CCCC[C@@H]2N1C(=O)OC(F)(F)F. The molecule has 0 radical (unpaired) electrons. The number of allylic oxidation sites excluding steroid dienone is 1. The van der Waals surface area contributed by atoms with E-state index in [0.29, 0.717) is 6.42 Å². The van der Waals surface area contributed by atoms with Crippen LogP contribution in [0.5, 0.6) is 0 Å². The molecule has 0 unspecified atom stereocenters. The van der Waals surface area contributed by atoms with Crippen molar-refractivity contribution in [1.82, 2.24) is 4.90 Å². The van der Waals surface area contributed by atoms with Crippen LogP contribution in [0.25, 0.3) is 5.57 Å². The Balaban J connectivity index is 2.03. The lowest BCUT2D eigenvalue weighted by Crippen LogP contribution is -2.48. The molecule has 0 saturated heterocycles. The zero-order valence-electron chi connectivity index (χ0n) is 12.1. The highest BCUT2D eigenvalue weighted by Crippen LogP contribution is 2.44. The fourth-order valence-electron chi connectivity index (χ4n) is 3.42. The molecule has 1 aromatic carbocycles. The molecule has 2 aliphatic rings. The first-order valence-corrected chi connectivity index (χ1v) is 7.26. The van der Waals surface area contributed by atoms with Crippen LogP contribution in [0.3, 0.4) is 0 Å². The number of benzene rings is 1. The van der Waals surface area contributed by atoms with E-state index >= 15 is 0 Å².